The molecule has 8 heteroatoms. The molecular weight excluding hydrogens is 447 g/mol. The molecule has 2 aromatic rings. The minimum atomic E-state index is -0.302. The summed E-state index contributed by atoms with van der Waals surface area (Å²) in [5.74, 6) is -0.00776. The number of urea groups is 1. The highest BCUT2D eigenvalue weighted by Gasteiger charge is 2.36. The van der Waals surface area contributed by atoms with Gasteiger partial charge in [-0.1, -0.05) is 48.5 Å². The molecular formula is C24H30Cl2N4O2. The summed E-state index contributed by atoms with van der Waals surface area (Å²) in [5.41, 5.74) is 1.55. The molecule has 1 N–H and O–H groups in total. The van der Waals surface area contributed by atoms with Gasteiger partial charge in [0.1, 0.15) is 6.54 Å². The minimum Gasteiger partial charge on any atom is -0.353 e. The summed E-state index contributed by atoms with van der Waals surface area (Å²) in [5, 5.41) is 3.58. The van der Waals surface area contributed by atoms with E-state index in [2.05, 4.69) is 5.32 Å². The van der Waals surface area contributed by atoms with Gasteiger partial charge < -0.3 is 19.7 Å². The number of aromatic nitrogens is 1. The molecule has 6 nitrogen and oxygen atoms in total. The number of halogens is 2. The van der Waals surface area contributed by atoms with Crippen LogP contribution in [0.25, 0.3) is 0 Å². The van der Waals surface area contributed by atoms with Gasteiger partial charge in [0, 0.05) is 31.0 Å². The maximum absolute atomic E-state index is 13.4. The number of carbonyl (C=O) groups excluding carboxylic acids is 2. The van der Waals surface area contributed by atoms with Gasteiger partial charge in [0.2, 0.25) is 5.91 Å². The van der Waals surface area contributed by atoms with Crippen LogP contribution in [0.4, 0.5) is 10.5 Å². The number of aryl methyl sites for hydroxylation is 1. The predicted molar refractivity (Wildman–Crippen MR) is 128 cm³/mol. The summed E-state index contributed by atoms with van der Waals surface area (Å²) in [7, 11) is 1.99. The molecule has 172 valence electrons. The molecule has 0 radical (unpaired) electrons. The fourth-order valence-corrected chi connectivity index (χ4v) is 4.77. The molecule has 4 rings (SSSR count). The average Bonchev–Trinajstić information content (AvgIpc) is 3.55. The van der Waals surface area contributed by atoms with Crippen molar-refractivity contribution in [1.29, 1.82) is 0 Å². The van der Waals surface area contributed by atoms with E-state index in [1.54, 1.807) is 23.1 Å². The Labute approximate surface area is 199 Å². The van der Waals surface area contributed by atoms with Crippen molar-refractivity contribution < 1.29 is 9.59 Å². The van der Waals surface area contributed by atoms with Crippen LogP contribution in [-0.4, -0.2) is 44.9 Å². The van der Waals surface area contributed by atoms with Crippen molar-refractivity contribution >= 4 is 40.8 Å². The normalized spacial score (nSPS) is 16.6. The highest BCUT2D eigenvalue weighted by Crippen LogP contribution is 2.32. The van der Waals surface area contributed by atoms with Crippen molar-refractivity contribution in [1.82, 2.24) is 14.4 Å². The van der Waals surface area contributed by atoms with Crippen molar-refractivity contribution in [3.05, 3.63) is 52.3 Å². The van der Waals surface area contributed by atoms with Gasteiger partial charge in [-0.15, -0.1) is 0 Å². The average molecular weight is 477 g/mol. The van der Waals surface area contributed by atoms with Crippen LogP contribution in [0.3, 0.4) is 0 Å². The van der Waals surface area contributed by atoms with E-state index in [4.69, 9.17) is 23.2 Å². The van der Waals surface area contributed by atoms with Crippen LogP contribution in [0.5, 0.6) is 0 Å². The van der Waals surface area contributed by atoms with E-state index >= 15 is 0 Å². The molecule has 2 fully saturated rings. The van der Waals surface area contributed by atoms with Crippen LogP contribution in [0.1, 0.15) is 50.6 Å². The van der Waals surface area contributed by atoms with Gasteiger partial charge in [0.15, 0.2) is 0 Å². The van der Waals surface area contributed by atoms with Crippen molar-refractivity contribution in [2.24, 2.45) is 7.05 Å². The standard InChI is InChI=1S/C24H30Cl2N4O2/c1-28-14-6-9-19(28)15-29(18-12-13-18)22(31)16-30(17-7-3-2-4-8-17)24(32)27-21-11-5-10-20(25)23(21)26/h5-6,9-11,14,17-18H,2-4,7-8,12-13,15-16H2,1H3,(H,27,32). The van der Waals surface area contributed by atoms with Gasteiger partial charge >= 0.3 is 6.03 Å². The molecule has 1 aromatic heterocycles. The summed E-state index contributed by atoms with van der Waals surface area (Å²) in [6, 6.07) is 9.17. The zero-order chi connectivity index (χ0) is 22.7. The lowest BCUT2D eigenvalue weighted by atomic mass is 9.94. The van der Waals surface area contributed by atoms with E-state index in [-0.39, 0.29) is 30.6 Å². The quantitative estimate of drug-likeness (QED) is 0.557. The van der Waals surface area contributed by atoms with E-state index < -0.39 is 0 Å². The summed E-state index contributed by atoms with van der Waals surface area (Å²) >= 11 is 12.4. The fraction of sp³-hybridized carbons (Fsp3) is 0.500. The number of nitrogens with one attached hydrogen (secondary N) is 1. The Morgan fingerprint density at radius 2 is 1.72 bits per heavy atom. The van der Waals surface area contributed by atoms with Crippen molar-refractivity contribution in [3.8, 4) is 0 Å². The van der Waals surface area contributed by atoms with Crippen LogP contribution in [0.2, 0.25) is 10.0 Å². The van der Waals surface area contributed by atoms with Crippen molar-refractivity contribution in [3.63, 3.8) is 0 Å². The number of nitrogens with zero attached hydrogens (tertiary/aromatic N) is 3. The highest BCUT2D eigenvalue weighted by molar-refractivity contribution is 6.43. The summed E-state index contributed by atoms with van der Waals surface area (Å²) in [6.45, 7) is 0.628. The smallest absolute Gasteiger partial charge is 0.322 e. The fourth-order valence-electron chi connectivity index (χ4n) is 4.43. The number of hydrogen-bond acceptors (Lipinski definition) is 2. The summed E-state index contributed by atoms with van der Waals surface area (Å²) in [6.07, 6.45) is 9.14. The van der Waals surface area contributed by atoms with Gasteiger partial charge in [-0.25, -0.2) is 4.79 Å². The number of rotatable bonds is 7. The second-order valence-electron chi connectivity index (χ2n) is 8.81. The molecule has 1 aromatic carbocycles. The Kier molecular flexibility index (Phi) is 7.31. The van der Waals surface area contributed by atoms with Crippen molar-refractivity contribution in [2.45, 2.75) is 63.6 Å². The lowest BCUT2D eigenvalue weighted by molar-refractivity contribution is -0.133. The molecule has 0 saturated heterocycles. The second-order valence-corrected chi connectivity index (χ2v) is 9.60. The largest absolute Gasteiger partial charge is 0.353 e. The van der Waals surface area contributed by atoms with Gasteiger partial charge in [-0.2, -0.15) is 0 Å². The third kappa shape index (κ3) is 5.41. The Morgan fingerprint density at radius 1 is 1.00 bits per heavy atom. The monoisotopic (exact) mass is 476 g/mol. The summed E-state index contributed by atoms with van der Waals surface area (Å²) < 4.78 is 2.04. The van der Waals surface area contributed by atoms with Crippen LogP contribution in [0, 0.1) is 0 Å². The molecule has 0 bridgehead atoms. The molecule has 0 aliphatic heterocycles. The van der Waals surface area contributed by atoms with Gasteiger partial charge in [-0.05, 0) is 49.9 Å². The first-order chi connectivity index (χ1) is 15.4. The first-order valence-electron chi connectivity index (χ1n) is 11.4. The van der Waals surface area contributed by atoms with Gasteiger partial charge in [0.25, 0.3) is 0 Å². The van der Waals surface area contributed by atoms with Crippen molar-refractivity contribution in [2.75, 3.05) is 11.9 Å². The molecule has 0 unspecified atom stereocenters. The molecule has 0 atom stereocenters. The Balaban J connectivity index is 1.51. The Bertz CT molecular complexity index is 967. The lowest BCUT2D eigenvalue weighted by Crippen LogP contribution is -2.50. The number of anilines is 1. The second kappa shape index (κ2) is 10.2. The van der Waals surface area contributed by atoms with Crippen LogP contribution >= 0.6 is 23.2 Å². The van der Waals surface area contributed by atoms with E-state index in [0.717, 1.165) is 44.2 Å². The van der Waals surface area contributed by atoms with E-state index in [1.807, 2.05) is 34.8 Å². The molecule has 2 aliphatic rings. The number of benzene rings is 1. The van der Waals surface area contributed by atoms with Crippen LogP contribution in [-0.2, 0) is 18.4 Å². The topological polar surface area (TPSA) is 57.6 Å². The first-order valence-corrected chi connectivity index (χ1v) is 12.1. The molecule has 1 heterocycles. The zero-order valence-electron chi connectivity index (χ0n) is 18.4. The molecule has 2 aliphatic carbocycles. The lowest BCUT2D eigenvalue weighted by Gasteiger charge is -2.35. The molecule has 0 spiro atoms. The maximum Gasteiger partial charge on any atom is 0.322 e. The van der Waals surface area contributed by atoms with Crippen LogP contribution in [0.15, 0.2) is 36.5 Å². The van der Waals surface area contributed by atoms with E-state index in [1.165, 1.54) is 6.42 Å². The number of hydrogen-bond donors (Lipinski definition) is 1. The zero-order valence-corrected chi connectivity index (χ0v) is 19.9. The Morgan fingerprint density at radius 3 is 2.38 bits per heavy atom. The summed E-state index contributed by atoms with van der Waals surface area (Å²) in [4.78, 5) is 30.4. The maximum atomic E-state index is 13.4. The molecule has 32 heavy (non-hydrogen) atoms. The van der Waals surface area contributed by atoms with Crippen LogP contribution < -0.4 is 5.32 Å². The number of amides is 3. The number of carbonyl (C=O) groups is 2. The van der Waals surface area contributed by atoms with E-state index in [9.17, 15) is 9.59 Å². The first kappa shape index (κ1) is 23.0. The van der Waals surface area contributed by atoms with Gasteiger partial charge in [0.05, 0.1) is 22.3 Å². The van der Waals surface area contributed by atoms with E-state index in [0.29, 0.717) is 22.3 Å². The predicted octanol–water partition coefficient (Wildman–Crippen LogP) is 5.69. The third-order valence-electron chi connectivity index (χ3n) is 6.47. The Hall–Kier alpha value is -2.18. The molecule has 3 amide bonds. The third-order valence-corrected chi connectivity index (χ3v) is 7.29. The molecule has 2 saturated carbocycles. The SMILES string of the molecule is Cn1cccc1CN(C(=O)CN(C(=O)Nc1cccc(Cl)c1Cl)C1CCCCC1)C1CC1. The minimum absolute atomic E-state index is 0.00776. The van der Waals surface area contributed by atoms with Gasteiger partial charge in [-0.3, -0.25) is 4.79 Å². The highest BCUT2D eigenvalue weighted by atomic mass is 35.5.